The molecule has 1 aromatic carbocycles. The average Bonchev–Trinajstić information content (AvgIpc) is 2.70. The van der Waals surface area contributed by atoms with Gasteiger partial charge in [0.05, 0.1) is 25.5 Å². The van der Waals surface area contributed by atoms with E-state index in [0.29, 0.717) is 44.3 Å². The first-order chi connectivity index (χ1) is 13.0. The number of morpholine rings is 1. The summed E-state index contributed by atoms with van der Waals surface area (Å²) in [7, 11) is 0. The van der Waals surface area contributed by atoms with E-state index in [1.54, 1.807) is 12.1 Å². The Hall–Kier alpha value is -2.35. The molecule has 7 nitrogen and oxygen atoms in total. The monoisotopic (exact) mass is 379 g/mol. The quantitative estimate of drug-likeness (QED) is 0.871. The van der Waals surface area contributed by atoms with Crippen LogP contribution in [0.4, 0.5) is 14.9 Å². The van der Waals surface area contributed by atoms with E-state index in [0.717, 1.165) is 0 Å². The van der Waals surface area contributed by atoms with Gasteiger partial charge in [0.2, 0.25) is 0 Å². The molecule has 2 fully saturated rings. The molecule has 0 bridgehead atoms. The Morgan fingerprint density at radius 1 is 1.15 bits per heavy atom. The third kappa shape index (κ3) is 4.50. The standard InChI is InChI=1S/C19H26FN3O4/c1-2-27-16-6-4-3-5-15(16)21-18(25)23-9-7-19(20,8-10-23)17(24)22-11-13-26-14-12-22/h3-6H,2,7-14H2,1H3,(H,21,25). The molecule has 148 valence electrons. The summed E-state index contributed by atoms with van der Waals surface area (Å²) in [5.74, 6) is 0.111. The molecule has 1 aromatic rings. The number of alkyl halides is 1. The topological polar surface area (TPSA) is 71.1 Å². The van der Waals surface area contributed by atoms with Crippen molar-refractivity contribution in [1.82, 2.24) is 9.80 Å². The highest BCUT2D eigenvalue weighted by Crippen LogP contribution is 2.30. The maximum absolute atomic E-state index is 15.2. The van der Waals surface area contributed by atoms with Gasteiger partial charge in [-0.15, -0.1) is 0 Å². The number of ether oxygens (including phenoxy) is 2. The van der Waals surface area contributed by atoms with Crippen LogP contribution in [-0.4, -0.2) is 73.4 Å². The number of urea groups is 1. The van der Waals surface area contributed by atoms with Gasteiger partial charge in [-0.3, -0.25) is 4.79 Å². The summed E-state index contributed by atoms with van der Waals surface area (Å²) in [6.45, 7) is 4.46. The van der Waals surface area contributed by atoms with Crippen molar-refractivity contribution in [2.24, 2.45) is 0 Å². The van der Waals surface area contributed by atoms with Crippen LogP contribution in [0.25, 0.3) is 0 Å². The van der Waals surface area contributed by atoms with Crippen molar-refractivity contribution in [3.8, 4) is 5.75 Å². The second-order valence-electron chi connectivity index (χ2n) is 6.72. The molecule has 3 rings (SSSR count). The lowest BCUT2D eigenvalue weighted by Gasteiger charge is -2.39. The Kier molecular flexibility index (Phi) is 6.15. The van der Waals surface area contributed by atoms with Crippen molar-refractivity contribution in [1.29, 1.82) is 0 Å². The molecule has 2 saturated heterocycles. The molecule has 0 atom stereocenters. The fraction of sp³-hybridized carbons (Fsp3) is 0.579. The number of anilines is 1. The van der Waals surface area contributed by atoms with Crippen molar-refractivity contribution >= 4 is 17.6 Å². The van der Waals surface area contributed by atoms with E-state index < -0.39 is 11.6 Å². The normalized spacial score (nSPS) is 19.5. The number of nitrogens with one attached hydrogen (secondary N) is 1. The zero-order chi connectivity index (χ0) is 19.3. The minimum Gasteiger partial charge on any atom is -0.492 e. The Balaban J connectivity index is 1.57. The number of para-hydroxylation sites is 2. The minimum absolute atomic E-state index is 0.00369. The molecule has 2 aliphatic heterocycles. The molecule has 27 heavy (non-hydrogen) atoms. The molecule has 3 amide bonds. The zero-order valence-electron chi connectivity index (χ0n) is 15.6. The minimum atomic E-state index is -1.91. The van der Waals surface area contributed by atoms with E-state index in [4.69, 9.17) is 9.47 Å². The van der Waals surface area contributed by atoms with Crippen molar-refractivity contribution in [3.63, 3.8) is 0 Å². The first-order valence-corrected chi connectivity index (χ1v) is 9.37. The summed E-state index contributed by atoms with van der Waals surface area (Å²) in [6.07, 6.45) is 0.00738. The number of amides is 3. The summed E-state index contributed by atoms with van der Waals surface area (Å²) in [5.41, 5.74) is -1.33. The van der Waals surface area contributed by atoms with Gasteiger partial charge in [0.1, 0.15) is 5.75 Å². The van der Waals surface area contributed by atoms with E-state index in [2.05, 4.69) is 5.32 Å². The smallest absolute Gasteiger partial charge is 0.321 e. The highest BCUT2D eigenvalue weighted by atomic mass is 19.1. The van der Waals surface area contributed by atoms with E-state index in [-0.39, 0.29) is 32.0 Å². The Morgan fingerprint density at radius 2 is 1.81 bits per heavy atom. The highest BCUT2D eigenvalue weighted by molar-refractivity contribution is 5.91. The summed E-state index contributed by atoms with van der Waals surface area (Å²) in [6, 6.07) is 6.86. The van der Waals surface area contributed by atoms with Crippen LogP contribution in [0.1, 0.15) is 19.8 Å². The van der Waals surface area contributed by atoms with Gasteiger partial charge in [0.15, 0.2) is 5.67 Å². The molecule has 1 N–H and O–H groups in total. The van der Waals surface area contributed by atoms with Gasteiger partial charge in [-0.05, 0) is 19.1 Å². The Bertz CT molecular complexity index is 671. The van der Waals surface area contributed by atoms with E-state index >= 15 is 4.39 Å². The van der Waals surface area contributed by atoms with Crippen LogP contribution in [-0.2, 0) is 9.53 Å². The van der Waals surface area contributed by atoms with Gasteiger partial charge >= 0.3 is 6.03 Å². The number of carbonyl (C=O) groups excluding carboxylic acids is 2. The van der Waals surface area contributed by atoms with Crippen molar-refractivity contribution in [3.05, 3.63) is 24.3 Å². The maximum atomic E-state index is 15.2. The van der Waals surface area contributed by atoms with Crippen LogP contribution < -0.4 is 10.1 Å². The molecule has 0 aliphatic carbocycles. The number of likely N-dealkylation sites (tertiary alicyclic amines) is 1. The van der Waals surface area contributed by atoms with E-state index in [1.807, 2.05) is 19.1 Å². The predicted octanol–water partition coefficient (Wildman–Crippen LogP) is 2.28. The van der Waals surface area contributed by atoms with Gasteiger partial charge in [-0.2, -0.15) is 0 Å². The Morgan fingerprint density at radius 3 is 2.48 bits per heavy atom. The van der Waals surface area contributed by atoms with Gasteiger partial charge in [-0.1, -0.05) is 12.1 Å². The van der Waals surface area contributed by atoms with Gasteiger partial charge < -0.3 is 24.6 Å². The van der Waals surface area contributed by atoms with Crippen LogP contribution in [0, 0.1) is 0 Å². The molecular formula is C19H26FN3O4. The molecule has 0 spiro atoms. The second kappa shape index (κ2) is 8.56. The number of nitrogens with zero attached hydrogens (tertiary/aromatic N) is 2. The second-order valence-corrected chi connectivity index (χ2v) is 6.72. The first kappa shape index (κ1) is 19.4. The first-order valence-electron chi connectivity index (χ1n) is 9.37. The fourth-order valence-electron chi connectivity index (χ4n) is 3.37. The summed E-state index contributed by atoms with van der Waals surface area (Å²) in [4.78, 5) is 28.1. The van der Waals surface area contributed by atoms with Crippen molar-refractivity contribution in [2.75, 3.05) is 51.3 Å². The molecule has 0 radical (unpaired) electrons. The molecule has 0 aromatic heterocycles. The summed E-state index contributed by atoms with van der Waals surface area (Å²) in [5, 5.41) is 2.81. The molecule has 2 heterocycles. The number of benzene rings is 1. The zero-order valence-corrected chi connectivity index (χ0v) is 15.6. The number of carbonyl (C=O) groups is 2. The predicted molar refractivity (Wildman–Crippen MR) is 98.7 cm³/mol. The average molecular weight is 379 g/mol. The van der Waals surface area contributed by atoms with E-state index in [1.165, 1.54) is 9.80 Å². The lowest BCUT2D eigenvalue weighted by Crippen LogP contribution is -2.55. The third-order valence-electron chi connectivity index (χ3n) is 4.95. The number of halogens is 1. The highest BCUT2D eigenvalue weighted by Gasteiger charge is 2.45. The van der Waals surface area contributed by atoms with Crippen molar-refractivity contribution in [2.45, 2.75) is 25.4 Å². The molecule has 2 aliphatic rings. The number of rotatable bonds is 4. The fourth-order valence-corrected chi connectivity index (χ4v) is 3.37. The van der Waals surface area contributed by atoms with E-state index in [9.17, 15) is 9.59 Å². The lowest BCUT2D eigenvalue weighted by molar-refractivity contribution is -0.151. The van der Waals surface area contributed by atoms with Gasteiger partial charge in [0.25, 0.3) is 5.91 Å². The maximum Gasteiger partial charge on any atom is 0.321 e. The lowest BCUT2D eigenvalue weighted by atomic mass is 9.91. The number of hydrogen-bond acceptors (Lipinski definition) is 4. The molecule has 0 saturated carbocycles. The summed E-state index contributed by atoms with van der Waals surface area (Å²) >= 11 is 0. The van der Waals surface area contributed by atoms with Crippen LogP contribution >= 0.6 is 0 Å². The van der Waals surface area contributed by atoms with Crippen LogP contribution in [0.2, 0.25) is 0 Å². The van der Waals surface area contributed by atoms with Crippen LogP contribution in [0.5, 0.6) is 5.75 Å². The van der Waals surface area contributed by atoms with Crippen molar-refractivity contribution < 1.29 is 23.5 Å². The van der Waals surface area contributed by atoms with Crippen LogP contribution in [0.3, 0.4) is 0 Å². The van der Waals surface area contributed by atoms with Gasteiger partial charge in [0, 0.05) is 39.0 Å². The number of piperidine rings is 1. The van der Waals surface area contributed by atoms with Gasteiger partial charge in [-0.25, -0.2) is 9.18 Å². The molecule has 8 heteroatoms. The SMILES string of the molecule is CCOc1ccccc1NC(=O)N1CCC(F)(C(=O)N2CCOCC2)CC1. The van der Waals surface area contributed by atoms with Crippen LogP contribution in [0.15, 0.2) is 24.3 Å². The molecule has 0 unspecified atom stereocenters. The largest absolute Gasteiger partial charge is 0.492 e. The number of hydrogen-bond donors (Lipinski definition) is 1. The third-order valence-corrected chi connectivity index (χ3v) is 4.95. The Labute approximate surface area is 158 Å². The summed E-state index contributed by atoms with van der Waals surface area (Å²) < 4.78 is 25.9. The molecular weight excluding hydrogens is 353 g/mol.